The summed E-state index contributed by atoms with van der Waals surface area (Å²) in [6, 6.07) is 94.1. The number of hydrogen-bond acceptors (Lipinski definition) is 3. The van der Waals surface area contributed by atoms with Crippen molar-refractivity contribution in [3.05, 3.63) is 315 Å². The zero-order valence-electron chi connectivity index (χ0n) is 47.0. The lowest BCUT2D eigenvalue weighted by Crippen LogP contribution is -2.38. The molecule has 3 aliphatic rings. The summed E-state index contributed by atoms with van der Waals surface area (Å²) in [5, 5.41) is 0. The molecule has 0 unspecified atom stereocenters. The normalized spacial score (nSPS) is 14.5. The average Bonchev–Trinajstić information content (AvgIpc) is 4.00. The van der Waals surface area contributed by atoms with Crippen molar-refractivity contribution in [2.45, 2.75) is 71.6 Å². The third-order valence-electron chi connectivity index (χ3n) is 17.9. The zero-order chi connectivity index (χ0) is 54.7. The van der Waals surface area contributed by atoms with E-state index in [-0.39, 0.29) is 10.8 Å². The van der Waals surface area contributed by atoms with E-state index >= 15 is 0 Å². The van der Waals surface area contributed by atoms with Gasteiger partial charge in [-0.3, -0.25) is 0 Å². The summed E-state index contributed by atoms with van der Waals surface area (Å²) >= 11 is 0. The summed E-state index contributed by atoms with van der Waals surface area (Å²) in [6.07, 6.45) is 0. The number of fused-ring (bicyclic) bond motifs is 8. The lowest BCUT2D eigenvalue weighted by molar-refractivity contribution is 0.660. The second-order valence-corrected chi connectivity index (χ2v) is 23.7. The van der Waals surface area contributed by atoms with Crippen LogP contribution in [0.25, 0.3) is 22.3 Å². The van der Waals surface area contributed by atoms with Gasteiger partial charge in [0, 0.05) is 50.6 Å². The number of para-hydroxylation sites is 1. The van der Waals surface area contributed by atoms with Crippen LogP contribution in [0.2, 0.25) is 0 Å². The molecule has 1 heterocycles. The molecule has 0 atom stereocenters. The maximum absolute atomic E-state index is 2.48. The molecule has 2 aliphatic carbocycles. The minimum atomic E-state index is -0.731. The van der Waals surface area contributed by atoms with Gasteiger partial charge in [0.25, 0.3) is 0 Å². The number of aryl methyl sites for hydroxylation is 4. The van der Waals surface area contributed by atoms with Gasteiger partial charge in [-0.25, -0.2) is 0 Å². The molecular formula is C77H65N3. The summed E-state index contributed by atoms with van der Waals surface area (Å²) in [5.74, 6) is 0. The number of benzene rings is 11. The molecule has 80 heavy (non-hydrogen) atoms. The maximum Gasteiger partial charge on any atom is 0.0742 e. The van der Waals surface area contributed by atoms with Crippen molar-refractivity contribution in [2.24, 2.45) is 0 Å². The van der Waals surface area contributed by atoms with Crippen molar-refractivity contribution in [3.8, 4) is 22.3 Å². The Balaban J connectivity index is 0.965. The van der Waals surface area contributed by atoms with Crippen LogP contribution < -0.4 is 14.7 Å². The van der Waals surface area contributed by atoms with Gasteiger partial charge < -0.3 is 14.7 Å². The fraction of sp³-hybridized carbons (Fsp3) is 0.143. The first-order valence-electron chi connectivity index (χ1n) is 28.3. The Morgan fingerprint density at radius 1 is 0.275 bits per heavy atom. The van der Waals surface area contributed by atoms with Crippen molar-refractivity contribution < 1.29 is 0 Å². The molecule has 0 radical (unpaired) electrons. The molecule has 11 aromatic carbocycles. The van der Waals surface area contributed by atoms with Crippen molar-refractivity contribution in [1.29, 1.82) is 0 Å². The molecule has 1 aliphatic heterocycles. The van der Waals surface area contributed by atoms with Gasteiger partial charge in [0.1, 0.15) is 0 Å². The van der Waals surface area contributed by atoms with E-state index in [4.69, 9.17) is 0 Å². The first kappa shape index (κ1) is 49.1. The van der Waals surface area contributed by atoms with Crippen LogP contribution in [0.4, 0.5) is 51.2 Å². The highest BCUT2D eigenvalue weighted by atomic mass is 15.2. The summed E-state index contributed by atoms with van der Waals surface area (Å²) in [6.45, 7) is 18.3. The minimum Gasteiger partial charge on any atom is -0.310 e. The summed E-state index contributed by atoms with van der Waals surface area (Å²) < 4.78 is 0. The van der Waals surface area contributed by atoms with Crippen LogP contribution >= 0.6 is 0 Å². The Kier molecular flexibility index (Phi) is 11.3. The predicted octanol–water partition coefficient (Wildman–Crippen LogP) is 20.6. The quantitative estimate of drug-likeness (QED) is 0.143. The van der Waals surface area contributed by atoms with Gasteiger partial charge in [-0.05, 0) is 203 Å². The van der Waals surface area contributed by atoms with E-state index in [0.717, 1.165) is 51.2 Å². The fourth-order valence-corrected chi connectivity index (χ4v) is 14.0. The van der Waals surface area contributed by atoms with Crippen molar-refractivity contribution in [3.63, 3.8) is 0 Å². The topological polar surface area (TPSA) is 9.72 Å². The highest BCUT2D eigenvalue weighted by Gasteiger charge is 2.47. The van der Waals surface area contributed by atoms with Gasteiger partial charge in [-0.1, -0.05) is 190 Å². The first-order chi connectivity index (χ1) is 38.8. The van der Waals surface area contributed by atoms with E-state index in [1.807, 2.05) is 0 Å². The Morgan fingerprint density at radius 2 is 0.675 bits per heavy atom. The molecule has 14 rings (SSSR count). The SMILES string of the molecule is Cc1ccc(N2c3ccccc3C(c3ccc(N(c4cccc(C)c4)c4ccc5c(c4)C(C)(C)c4ccccc4-5)cc3)(c3ccc(N(c4cccc(C)c4)c4ccc5c(c4)C(C)(C)c4ccccc4-5)cc3)c3cc(C)ccc32)cc1. The number of anilines is 9. The molecule has 0 N–H and O–H groups in total. The van der Waals surface area contributed by atoms with Gasteiger partial charge in [-0.15, -0.1) is 0 Å². The Hall–Kier alpha value is -9.18. The van der Waals surface area contributed by atoms with Gasteiger partial charge >= 0.3 is 0 Å². The van der Waals surface area contributed by atoms with Crippen LogP contribution in [0.5, 0.6) is 0 Å². The van der Waals surface area contributed by atoms with E-state index in [0.29, 0.717) is 0 Å². The number of rotatable bonds is 9. The molecule has 3 nitrogen and oxygen atoms in total. The predicted molar refractivity (Wildman–Crippen MR) is 336 cm³/mol. The third kappa shape index (κ3) is 7.55. The van der Waals surface area contributed by atoms with Crippen molar-refractivity contribution in [2.75, 3.05) is 14.7 Å². The van der Waals surface area contributed by atoms with Gasteiger partial charge in [0.2, 0.25) is 0 Å². The average molecular weight is 1030 g/mol. The number of hydrogen-bond donors (Lipinski definition) is 0. The standard InChI is InChI=1S/C77H65N3/c1-50-27-34-58(35-28-50)80-73-26-14-13-25-69(73)77(72-47-53(4)29-44-74(72)80,54-30-36-56(37-31-54)78(59-19-15-17-51(2)45-59)61-40-42-65-63-21-9-11-23-67(63)75(5,6)70(65)48-61)55-32-38-57(39-33-55)79(60-20-16-18-52(3)46-60)62-41-43-66-64-22-10-12-24-68(64)76(7,8)71(66)49-62/h9-49H,1-8H3. The zero-order valence-corrected chi connectivity index (χ0v) is 47.0. The highest BCUT2D eigenvalue weighted by Crippen LogP contribution is 2.59. The van der Waals surface area contributed by atoms with Crippen LogP contribution in [0, 0.1) is 27.7 Å². The molecule has 0 fully saturated rings. The van der Waals surface area contributed by atoms with Crippen LogP contribution in [-0.2, 0) is 16.2 Å². The van der Waals surface area contributed by atoms with E-state index in [9.17, 15) is 0 Å². The van der Waals surface area contributed by atoms with E-state index in [1.165, 1.54) is 89.0 Å². The van der Waals surface area contributed by atoms with E-state index in [2.05, 4.69) is 319 Å². The van der Waals surface area contributed by atoms with Crippen LogP contribution in [0.3, 0.4) is 0 Å². The molecular weight excluding hydrogens is 967 g/mol. The Bertz CT molecular complexity index is 4040. The van der Waals surface area contributed by atoms with Crippen LogP contribution in [-0.4, -0.2) is 0 Å². The van der Waals surface area contributed by atoms with Gasteiger partial charge in [0.15, 0.2) is 0 Å². The van der Waals surface area contributed by atoms with Gasteiger partial charge in [0.05, 0.1) is 16.8 Å². The van der Waals surface area contributed by atoms with E-state index in [1.54, 1.807) is 0 Å². The highest BCUT2D eigenvalue weighted by molar-refractivity contribution is 5.92. The molecule has 0 bridgehead atoms. The monoisotopic (exact) mass is 1030 g/mol. The molecule has 0 spiro atoms. The molecule has 0 amide bonds. The maximum atomic E-state index is 2.48. The lowest BCUT2D eigenvalue weighted by atomic mass is 9.62. The molecule has 0 aromatic heterocycles. The van der Waals surface area contributed by atoms with Crippen LogP contribution in [0.15, 0.2) is 249 Å². The lowest BCUT2D eigenvalue weighted by Gasteiger charge is -2.47. The number of nitrogens with zero attached hydrogens (tertiary/aromatic N) is 3. The van der Waals surface area contributed by atoms with Crippen molar-refractivity contribution >= 4 is 51.2 Å². The van der Waals surface area contributed by atoms with Crippen LogP contribution in [0.1, 0.15) is 94.5 Å². The smallest absolute Gasteiger partial charge is 0.0742 e. The fourth-order valence-electron chi connectivity index (χ4n) is 14.0. The molecule has 11 aromatic rings. The second kappa shape index (κ2) is 18.5. The van der Waals surface area contributed by atoms with Gasteiger partial charge in [-0.2, -0.15) is 0 Å². The first-order valence-corrected chi connectivity index (χ1v) is 28.3. The molecule has 3 heteroatoms. The minimum absolute atomic E-state index is 0.139. The molecule has 388 valence electrons. The van der Waals surface area contributed by atoms with Crippen molar-refractivity contribution in [1.82, 2.24) is 0 Å². The Morgan fingerprint density at radius 3 is 1.18 bits per heavy atom. The molecule has 0 saturated carbocycles. The second-order valence-electron chi connectivity index (χ2n) is 23.7. The largest absolute Gasteiger partial charge is 0.310 e. The summed E-state index contributed by atoms with van der Waals surface area (Å²) in [4.78, 5) is 7.37. The third-order valence-corrected chi connectivity index (χ3v) is 17.9. The van der Waals surface area contributed by atoms with E-state index < -0.39 is 5.41 Å². The summed E-state index contributed by atoms with van der Waals surface area (Å²) in [7, 11) is 0. The summed E-state index contributed by atoms with van der Waals surface area (Å²) in [5.41, 5.74) is 29.7. The molecule has 0 saturated heterocycles. The Labute approximate surface area is 472 Å².